The fourth-order valence-electron chi connectivity index (χ4n) is 3.32. The number of nitriles is 1. The summed E-state index contributed by atoms with van der Waals surface area (Å²) in [6.07, 6.45) is 1.51. The second kappa shape index (κ2) is 10.4. The molecule has 4 rings (SSSR count). The van der Waals surface area contributed by atoms with Gasteiger partial charge in [0.25, 0.3) is 5.91 Å². The zero-order valence-electron chi connectivity index (χ0n) is 17.4. The molecule has 0 saturated carbocycles. The van der Waals surface area contributed by atoms with E-state index in [1.165, 1.54) is 6.08 Å². The van der Waals surface area contributed by atoms with Crippen LogP contribution in [0.2, 0.25) is 5.02 Å². The van der Waals surface area contributed by atoms with Crippen LogP contribution in [0.5, 0.6) is 5.75 Å². The van der Waals surface area contributed by atoms with Gasteiger partial charge in [0.15, 0.2) is 0 Å². The van der Waals surface area contributed by atoms with Crippen LogP contribution >= 0.6 is 27.5 Å². The molecule has 0 radical (unpaired) electrons. The number of nitrogens with zero attached hydrogens (tertiary/aromatic N) is 1. The molecule has 0 bridgehead atoms. The first kappa shape index (κ1) is 22.6. The molecule has 0 aliphatic rings. The number of anilines is 1. The Bertz CT molecular complexity index is 1410. The maximum atomic E-state index is 12.7. The lowest BCUT2D eigenvalue weighted by atomic mass is 10.1. The third-order valence-corrected chi connectivity index (χ3v) is 5.66. The first-order chi connectivity index (χ1) is 16.0. The van der Waals surface area contributed by atoms with Crippen molar-refractivity contribution in [1.82, 2.24) is 0 Å². The van der Waals surface area contributed by atoms with Gasteiger partial charge in [-0.3, -0.25) is 4.79 Å². The lowest BCUT2D eigenvalue weighted by Gasteiger charge is -2.11. The minimum absolute atomic E-state index is 0.0522. The SMILES string of the molecule is N#C/C(=C\c1cc(Br)ccc1OCc1ccc2ccccc2c1)C(=O)Nc1cccc(Cl)c1. The molecular weight excluding hydrogens is 500 g/mol. The third-order valence-electron chi connectivity index (χ3n) is 4.93. The van der Waals surface area contributed by atoms with Crippen molar-refractivity contribution in [2.75, 3.05) is 5.32 Å². The minimum atomic E-state index is -0.528. The Balaban J connectivity index is 1.56. The largest absolute Gasteiger partial charge is 0.488 e. The van der Waals surface area contributed by atoms with Crippen LogP contribution in [0.1, 0.15) is 11.1 Å². The average Bonchev–Trinajstić information content (AvgIpc) is 2.81. The van der Waals surface area contributed by atoms with E-state index >= 15 is 0 Å². The Morgan fingerprint density at radius 3 is 2.61 bits per heavy atom. The smallest absolute Gasteiger partial charge is 0.266 e. The van der Waals surface area contributed by atoms with Crippen molar-refractivity contribution in [2.45, 2.75) is 6.61 Å². The second-order valence-electron chi connectivity index (χ2n) is 7.29. The van der Waals surface area contributed by atoms with Gasteiger partial charge < -0.3 is 10.1 Å². The normalized spacial score (nSPS) is 11.1. The van der Waals surface area contributed by atoms with E-state index in [-0.39, 0.29) is 5.57 Å². The molecule has 162 valence electrons. The van der Waals surface area contributed by atoms with Gasteiger partial charge in [0.2, 0.25) is 0 Å². The fraction of sp³-hybridized carbons (Fsp3) is 0.0370. The van der Waals surface area contributed by atoms with Crippen LogP contribution in [0, 0.1) is 11.3 Å². The molecule has 0 heterocycles. The maximum absolute atomic E-state index is 12.7. The second-order valence-corrected chi connectivity index (χ2v) is 8.64. The van der Waals surface area contributed by atoms with Crippen molar-refractivity contribution in [3.63, 3.8) is 0 Å². The van der Waals surface area contributed by atoms with Crippen molar-refractivity contribution in [1.29, 1.82) is 5.26 Å². The van der Waals surface area contributed by atoms with Crippen molar-refractivity contribution in [3.05, 3.63) is 111 Å². The van der Waals surface area contributed by atoms with Gasteiger partial charge in [-0.05, 0) is 64.9 Å². The monoisotopic (exact) mass is 516 g/mol. The van der Waals surface area contributed by atoms with E-state index < -0.39 is 5.91 Å². The molecule has 4 aromatic carbocycles. The molecule has 6 heteroatoms. The summed E-state index contributed by atoms with van der Waals surface area (Å²) in [6, 6.07) is 28.5. The molecule has 1 N–H and O–H groups in total. The Labute approximate surface area is 205 Å². The number of rotatable bonds is 6. The number of fused-ring (bicyclic) bond motifs is 1. The van der Waals surface area contributed by atoms with E-state index in [1.54, 1.807) is 36.4 Å². The van der Waals surface area contributed by atoms with Crippen molar-refractivity contribution in [3.8, 4) is 11.8 Å². The van der Waals surface area contributed by atoms with Gasteiger partial charge in [0.1, 0.15) is 24.0 Å². The van der Waals surface area contributed by atoms with Crippen LogP contribution < -0.4 is 10.1 Å². The molecule has 0 aliphatic carbocycles. The molecule has 0 aromatic heterocycles. The van der Waals surface area contributed by atoms with E-state index in [2.05, 4.69) is 45.5 Å². The average molecular weight is 518 g/mol. The number of carbonyl (C=O) groups is 1. The number of ether oxygens (including phenoxy) is 1. The molecular formula is C27H18BrClN2O2. The standard InChI is InChI=1S/C27H18BrClN2O2/c28-23-10-11-26(33-17-18-8-9-19-4-1-2-5-20(19)12-18)21(14-23)13-22(16-30)27(32)31-25-7-3-6-24(29)15-25/h1-15H,17H2,(H,31,32)/b22-13+. The Hall–Kier alpha value is -3.59. The molecule has 33 heavy (non-hydrogen) atoms. The number of amides is 1. The maximum Gasteiger partial charge on any atom is 0.266 e. The molecule has 4 aromatic rings. The highest BCUT2D eigenvalue weighted by Gasteiger charge is 2.12. The van der Waals surface area contributed by atoms with Crippen LogP contribution in [0.3, 0.4) is 0 Å². The lowest BCUT2D eigenvalue weighted by molar-refractivity contribution is -0.112. The molecule has 1 amide bonds. The molecule has 0 fully saturated rings. The lowest BCUT2D eigenvalue weighted by Crippen LogP contribution is -2.13. The van der Waals surface area contributed by atoms with Crippen LogP contribution in [0.15, 0.2) is 95.0 Å². The van der Waals surface area contributed by atoms with E-state index in [1.807, 2.05) is 30.3 Å². The topological polar surface area (TPSA) is 62.1 Å². The first-order valence-electron chi connectivity index (χ1n) is 10.1. The third kappa shape index (κ3) is 5.81. The number of hydrogen-bond donors (Lipinski definition) is 1. The quantitative estimate of drug-likeness (QED) is 0.214. The van der Waals surface area contributed by atoms with Crippen LogP contribution in [-0.4, -0.2) is 5.91 Å². The first-order valence-corrected chi connectivity index (χ1v) is 11.3. The molecule has 0 saturated heterocycles. The summed E-state index contributed by atoms with van der Waals surface area (Å²) >= 11 is 9.42. The fourth-order valence-corrected chi connectivity index (χ4v) is 3.89. The predicted molar refractivity (Wildman–Crippen MR) is 136 cm³/mol. The van der Waals surface area contributed by atoms with E-state index in [0.29, 0.717) is 28.6 Å². The summed E-state index contributed by atoms with van der Waals surface area (Å²) in [5.74, 6) is 0.0369. The van der Waals surface area contributed by atoms with Crippen molar-refractivity contribution in [2.24, 2.45) is 0 Å². The van der Waals surface area contributed by atoms with Crippen LogP contribution in [0.25, 0.3) is 16.8 Å². The highest BCUT2D eigenvalue weighted by atomic mass is 79.9. The van der Waals surface area contributed by atoms with Crippen molar-refractivity contribution < 1.29 is 9.53 Å². The van der Waals surface area contributed by atoms with Gasteiger partial charge in [0, 0.05) is 20.7 Å². The summed E-state index contributed by atoms with van der Waals surface area (Å²) in [6.45, 7) is 0.351. The van der Waals surface area contributed by atoms with Gasteiger partial charge >= 0.3 is 0 Å². The van der Waals surface area contributed by atoms with Gasteiger partial charge in [-0.15, -0.1) is 0 Å². The summed E-state index contributed by atoms with van der Waals surface area (Å²) in [5.41, 5.74) is 2.09. The number of hydrogen-bond acceptors (Lipinski definition) is 3. The summed E-state index contributed by atoms with van der Waals surface area (Å²) in [4.78, 5) is 12.7. The summed E-state index contributed by atoms with van der Waals surface area (Å²) in [7, 11) is 0. The Morgan fingerprint density at radius 1 is 1.00 bits per heavy atom. The molecule has 0 spiro atoms. The predicted octanol–water partition coefficient (Wildman–Crippen LogP) is 7.38. The zero-order valence-corrected chi connectivity index (χ0v) is 19.7. The number of halogens is 2. The zero-order chi connectivity index (χ0) is 23.2. The summed E-state index contributed by atoms with van der Waals surface area (Å²) < 4.78 is 6.87. The number of carbonyl (C=O) groups excluding carboxylic acids is 1. The summed E-state index contributed by atoms with van der Waals surface area (Å²) in [5, 5.41) is 15.1. The minimum Gasteiger partial charge on any atom is -0.488 e. The van der Waals surface area contributed by atoms with E-state index in [4.69, 9.17) is 16.3 Å². The van der Waals surface area contributed by atoms with Gasteiger partial charge in [-0.2, -0.15) is 5.26 Å². The molecule has 0 unspecified atom stereocenters. The van der Waals surface area contributed by atoms with Crippen molar-refractivity contribution >= 4 is 56.0 Å². The number of nitrogens with one attached hydrogen (secondary N) is 1. The highest BCUT2D eigenvalue weighted by molar-refractivity contribution is 9.10. The Morgan fingerprint density at radius 2 is 1.82 bits per heavy atom. The molecule has 0 aliphatic heterocycles. The van der Waals surface area contributed by atoms with Gasteiger partial charge in [-0.1, -0.05) is 70.0 Å². The van der Waals surface area contributed by atoms with Crippen LogP contribution in [0.4, 0.5) is 5.69 Å². The van der Waals surface area contributed by atoms with E-state index in [9.17, 15) is 10.1 Å². The van der Waals surface area contributed by atoms with Gasteiger partial charge in [0.05, 0.1) is 0 Å². The van der Waals surface area contributed by atoms with Crippen LogP contribution in [-0.2, 0) is 11.4 Å². The number of benzene rings is 4. The van der Waals surface area contributed by atoms with E-state index in [0.717, 1.165) is 20.8 Å². The Kier molecular flexibility index (Phi) is 7.09. The highest BCUT2D eigenvalue weighted by Crippen LogP contribution is 2.27. The molecule has 4 nitrogen and oxygen atoms in total. The molecule has 0 atom stereocenters. The van der Waals surface area contributed by atoms with Gasteiger partial charge in [-0.25, -0.2) is 0 Å².